The number of sulfonamides is 1. The van der Waals surface area contributed by atoms with Gasteiger partial charge in [-0.05, 0) is 25.7 Å². The molecule has 0 aromatic carbocycles. The Morgan fingerprint density at radius 1 is 1.31 bits per heavy atom. The fourth-order valence-corrected chi connectivity index (χ4v) is 2.35. The van der Waals surface area contributed by atoms with Crippen molar-refractivity contribution >= 4 is 16.0 Å². The highest BCUT2D eigenvalue weighted by molar-refractivity contribution is 7.89. The lowest BCUT2D eigenvalue weighted by molar-refractivity contribution is -0.142. The largest absolute Gasteiger partial charge is 0.481 e. The highest BCUT2D eigenvalue weighted by atomic mass is 32.2. The highest BCUT2D eigenvalue weighted by Gasteiger charge is 2.25. The van der Waals surface area contributed by atoms with Crippen LogP contribution in [0.5, 0.6) is 0 Å². The summed E-state index contributed by atoms with van der Waals surface area (Å²) in [5.41, 5.74) is 0. The van der Waals surface area contributed by atoms with Crippen LogP contribution in [0, 0.1) is 5.92 Å². The first kappa shape index (κ1) is 13.4. The molecule has 1 aliphatic rings. The van der Waals surface area contributed by atoms with Gasteiger partial charge in [0.15, 0.2) is 0 Å². The molecule has 7 heteroatoms. The van der Waals surface area contributed by atoms with Gasteiger partial charge in [0.1, 0.15) is 0 Å². The molecule has 0 saturated heterocycles. The number of carboxylic acid groups (broad SMARTS) is 1. The molecule has 0 aromatic rings. The third kappa shape index (κ3) is 4.91. The summed E-state index contributed by atoms with van der Waals surface area (Å²) in [4.78, 5) is 10.7. The van der Waals surface area contributed by atoms with Gasteiger partial charge in [-0.3, -0.25) is 4.79 Å². The molecule has 94 valence electrons. The first-order valence-electron chi connectivity index (χ1n) is 5.35. The second-order valence-electron chi connectivity index (χ2n) is 4.21. The van der Waals surface area contributed by atoms with Crippen LogP contribution in [0.4, 0.5) is 0 Å². The Balaban J connectivity index is 2.20. The third-order valence-electron chi connectivity index (χ3n) is 2.90. The lowest BCUT2D eigenvalue weighted by Crippen LogP contribution is -2.38. The van der Waals surface area contributed by atoms with Crippen molar-refractivity contribution in [3.63, 3.8) is 0 Å². The molecular weight excluding hydrogens is 232 g/mol. The molecule has 0 aromatic heterocycles. The summed E-state index contributed by atoms with van der Waals surface area (Å²) < 4.78 is 21.3. The van der Waals surface area contributed by atoms with Crippen molar-refractivity contribution in [1.82, 2.24) is 5.32 Å². The van der Waals surface area contributed by atoms with Gasteiger partial charge < -0.3 is 10.4 Å². The van der Waals surface area contributed by atoms with Gasteiger partial charge in [0, 0.05) is 12.6 Å². The van der Waals surface area contributed by atoms with Crippen LogP contribution < -0.4 is 10.5 Å². The summed E-state index contributed by atoms with van der Waals surface area (Å²) in [6, 6.07) is 0.220. The van der Waals surface area contributed by atoms with Crippen LogP contribution in [0.2, 0.25) is 0 Å². The van der Waals surface area contributed by atoms with Gasteiger partial charge in [0.25, 0.3) is 0 Å². The number of carboxylic acids is 1. The van der Waals surface area contributed by atoms with Gasteiger partial charge in [0.05, 0.1) is 11.7 Å². The van der Waals surface area contributed by atoms with Crippen LogP contribution in [-0.2, 0) is 14.8 Å². The van der Waals surface area contributed by atoms with Crippen molar-refractivity contribution in [3.8, 4) is 0 Å². The van der Waals surface area contributed by atoms with E-state index in [9.17, 15) is 13.2 Å². The van der Waals surface area contributed by atoms with Gasteiger partial charge in [-0.15, -0.1) is 0 Å². The second-order valence-corrected chi connectivity index (χ2v) is 5.94. The molecule has 1 aliphatic carbocycles. The van der Waals surface area contributed by atoms with Crippen LogP contribution in [0.3, 0.4) is 0 Å². The van der Waals surface area contributed by atoms with E-state index in [0.29, 0.717) is 19.4 Å². The van der Waals surface area contributed by atoms with E-state index in [4.69, 9.17) is 10.2 Å². The maximum absolute atomic E-state index is 10.7. The molecule has 1 fully saturated rings. The number of nitrogens with two attached hydrogens (primary N) is 1. The average Bonchev–Trinajstić information content (AvgIpc) is 2.16. The Hall–Kier alpha value is -0.660. The first-order valence-corrected chi connectivity index (χ1v) is 7.06. The summed E-state index contributed by atoms with van der Waals surface area (Å²) in [6.45, 7) is 0.335. The number of rotatable bonds is 5. The maximum Gasteiger partial charge on any atom is 0.306 e. The van der Waals surface area contributed by atoms with Gasteiger partial charge >= 0.3 is 5.97 Å². The third-order valence-corrected chi connectivity index (χ3v) is 3.67. The minimum Gasteiger partial charge on any atom is -0.481 e. The first-order chi connectivity index (χ1) is 7.38. The fourth-order valence-electron chi connectivity index (χ4n) is 1.95. The van der Waals surface area contributed by atoms with E-state index in [2.05, 4.69) is 5.32 Å². The summed E-state index contributed by atoms with van der Waals surface area (Å²) in [5, 5.41) is 16.7. The Kier molecular flexibility index (Phi) is 4.69. The van der Waals surface area contributed by atoms with Crippen LogP contribution >= 0.6 is 0 Å². The molecule has 0 radical (unpaired) electrons. The van der Waals surface area contributed by atoms with Gasteiger partial charge in [-0.2, -0.15) is 0 Å². The highest BCUT2D eigenvalue weighted by Crippen LogP contribution is 2.24. The normalized spacial score (nSPS) is 26.6. The number of primary sulfonamides is 1. The van der Waals surface area contributed by atoms with Gasteiger partial charge in [-0.1, -0.05) is 0 Å². The smallest absolute Gasteiger partial charge is 0.306 e. The van der Waals surface area contributed by atoms with Crippen molar-refractivity contribution in [2.45, 2.75) is 31.7 Å². The van der Waals surface area contributed by atoms with E-state index < -0.39 is 16.0 Å². The Morgan fingerprint density at radius 3 is 2.31 bits per heavy atom. The van der Waals surface area contributed by atoms with E-state index in [1.807, 2.05) is 0 Å². The molecule has 0 spiro atoms. The molecule has 0 atom stereocenters. The SMILES string of the molecule is NS(=O)(=O)CCNC1CCC(C(=O)O)CC1. The maximum atomic E-state index is 10.7. The van der Waals surface area contributed by atoms with Crippen molar-refractivity contribution in [1.29, 1.82) is 0 Å². The van der Waals surface area contributed by atoms with Crippen LogP contribution in [0.25, 0.3) is 0 Å². The Morgan fingerprint density at radius 2 is 1.88 bits per heavy atom. The van der Waals surface area contributed by atoms with E-state index in [1.54, 1.807) is 0 Å². The number of nitrogens with one attached hydrogen (secondary N) is 1. The second kappa shape index (κ2) is 5.60. The zero-order chi connectivity index (χ0) is 12.2. The fraction of sp³-hybridized carbons (Fsp3) is 0.889. The monoisotopic (exact) mass is 250 g/mol. The number of hydrogen-bond acceptors (Lipinski definition) is 4. The minimum absolute atomic E-state index is 0.0775. The van der Waals surface area contributed by atoms with Gasteiger partial charge in [0.2, 0.25) is 10.0 Å². The molecule has 16 heavy (non-hydrogen) atoms. The van der Waals surface area contributed by atoms with E-state index in [1.165, 1.54) is 0 Å². The van der Waals surface area contributed by atoms with Crippen LogP contribution in [-0.4, -0.2) is 37.8 Å². The Bertz CT molecular complexity index is 333. The van der Waals surface area contributed by atoms with Gasteiger partial charge in [-0.25, -0.2) is 13.6 Å². The molecule has 0 aliphatic heterocycles. The molecule has 6 nitrogen and oxygen atoms in total. The predicted molar refractivity (Wildman–Crippen MR) is 59.4 cm³/mol. The van der Waals surface area contributed by atoms with E-state index >= 15 is 0 Å². The van der Waals surface area contributed by atoms with E-state index in [-0.39, 0.29) is 17.7 Å². The summed E-state index contributed by atoms with van der Waals surface area (Å²) in [5.74, 6) is -1.05. The summed E-state index contributed by atoms with van der Waals surface area (Å²) in [7, 11) is -3.41. The van der Waals surface area contributed by atoms with Crippen molar-refractivity contribution in [3.05, 3.63) is 0 Å². The standard InChI is InChI=1S/C9H18N2O4S/c10-16(14,15)6-5-11-8-3-1-7(2-4-8)9(12)13/h7-8,11H,1-6H2,(H,12,13)(H2,10,14,15). The molecule has 1 rings (SSSR count). The number of hydrogen-bond donors (Lipinski definition) is 3. The van der Waals surface area contributed by atoms with Crippen LogP contribution in [0.1, 0.15) is 25.7 Å². The van der Waals surface area contributed by atoms with Crippen LogP contribution in [0.15, 0.2) is 0 Å². The van der Waals surface area contributed by atoms with Crippen molar-refractivity contribution in [2.75, 3.05) is 12.3 Å². The number of aliphatic carboxylic acids is 1. The molecule has 1 saturated carbocycles. The zero-order valence-corrected chi connectivity index (χ0v) is 9.87. The summed E-state index contributed by atoms with van der Waals surface area (Å²) in [6.07, 6.45) is 2.87. The Labute approximate surface area is 95.3 Å². The summed E-state index contributed by atoms with van der Waals surface area (Å²) >= 11 is 0. The average molecular weight is 250 g/mol. The molecule has 0 unspecified atom stereocenters. The molecule has 0 amide bonds. The van der Waals surface area contributed by atoms with Crippen molar-refractivity contribution < 1.29 is 18.3 Å². The predicted octanol–water partition coefficient (Wildman–Crippen LogP) is -0.492. The minimum atomic E-state index is -3.41. The lowest BCUT2D eigenvalue weighted by Gasteiger charge is -2.26. The topological polar surface area (TPSA) is 109 Å². The quantitative estimate of drug-likeness (QED) is 0.610. The molecular formula is C9H18N2O4S. The molecule has 4 N–H and O–H groups in total. The van der Waals surface area contributed by atoms with Crippen molar-refractivity contribution in [2.24, 2.45) is 11.1 Å². The lowest BCUT2D eigenvalue weighted by atomic mass is 9.86. The molecule has 0 bridgehead atoms. The van der Waals surface area contributed by atoms with E-state index in [0.717, 1.165) is 12.8 Å². The molecule has 0 heterocycles. The zero-order valence-electron chi connectivity index (χ0n) is 9.05. The number of carbonyl (C=O) groups is 1.